The Morgan fingerprint density at radius 1 is 1.41 bits per heavy atom. The lowest BCUT2D eigenvalue weighted by Crippen LogP contribution is -2.22. The molecule has 1 heterocycles. The maximum absolute atomic E-state index is 11.3. The highest BCUT2D eigenvalue weighted by Gasteiger charge is 2.18. The van der Waals surface area contributed by atoms with Crippen molar-refractivity contribution < 1.29 is 0 Å². The zero-order valence-electron chi connectivity index (χ0n) is 10.8. The van der Waals surface area contributed by atoms with Crippen LogP contribution in [0.2, 0.25) is 0 Å². The Labute approximate surface area is 103 Å². The van der Waals surface area contributed by atoms with Crippen molar-refractivity contribution in [2.24, 2.45) is 18.9 Å². The highest BCUT2D eigenvalue weighted by Crippen LogP contribution is 2.28. The van der Waals surface area contributed by atoms with Gasteiger partial charge in [0.15, 0.2) is 0 Å². The molecule has 0 saturated heterocycles. The number of nitrogens with zero attached hydrogens (tertiary/aromatic N) is 1. The first-order valence-corrected chi connectivity index (χ1v) is 6.55. The van der Waals surface area contributed by atoms with Crippen molar-refractivity contribution in [3.63, 3.8) is 0 Å². The molecule has 0 radical (unpaired) electrons. The Balaban J connectivity index is 1.88. The van der Waals surface area contributed by atoms with Crippen molar-refractivity contribution >= 4 is 5.69 Å². The summed E-state index contributed by atoms with van der Waals surface area (Å²) in [6.07, 6.45) is 7.29. The molecule has 1 aliphatic rings. The van der Waals surface area contributed by atoms with Crippen LogP contribution in [0.4, 0.5) is 5.69 Å². The minimum Gasteiger partial charge on any atom is -0.384 e. The van der Waals surface area contributed by atoms with Crippen LogP contribution in [0.1, 0.15) is 32.6 Å². The normalized spacial score (nSPS) is 24.6. The molecule has 0 amide bonds. The van der Waals surface area contributed by atoms with Crippen LogP contribution in [0.25, 0.3) is 0 Å². The van der Waals surface area contributed by atoms with E-state index < -0.39 is 0 Å². The molecule has 1 saturated carbocycles. The van der Waals surface area contributed by atoms with Crippen molar-refractivity contribution in [2.75, 3.05) is 11.9 Å². The van der Waals surface area contributed by atoms with Gasteiger partial charge in [-0.3, -0.25) is 4.79 Å². The smallest absolute Gasteiger partial charge is 0.250 e. The molecule has 1 fully saturated rings. The molecule has 1 aliphatic carbocycles. The van der Waals surface area contributed by atoms with E-state index in [2.05, 4.69) is 12.2 Å². The standard InChI is InChI=1S/C14H22N2O/c1-11-4-3-5-12(8-11)9-15-13-6-7-14(17)16(2)10-13/h6-7,10-12,15H,3-5,8-9H2,1-2H3. The fourth-order valence-electron chi connectivity index (χ4n) is 2.71. The largest absolute Gasteiger partial charge is 0.384 e. The number of hydrogen-bond donors (Lipinski definition) is 1. The molecule has 3 heteroatoms. The molecule has 0 spiro atoms. The molecule has 3 nitrogen and oxygen atoms in total. The van der Waals surface area contributed by atoms with E-state index in [1.54, 1.807) is 17.7 Å². The van der Waals surface area contributed by atoms with Crippen molar-refractivity contribution in [2.45, 2.75) is 32.6 Å². The van der Waals surface area contributed by atoms with E-state index in [9.17, 15) is 4.79 Å². The van der Waals surface area contributed by atoms with Crippen LogP contribution in [0.5, 0.6) is 0 Å². The van der Waals surface area contributed by atoms with Crippen molar-refractivity contribution in [3.05, 3.63) is 28.7 Å². The van der Waals surface area contributed by atoms with Gasteiger partial charge in [0.1, 0.15) is 0 Å². The van der Waals surface area contributed by atoms with Crippen LogP contribution in [-0.4, -0.2) is 11.1 Å². The topological polar surface area (TPSA) is 34.0 Å². The molecular formula is C14H22N2O. The molecule has 1 N–H and O–H groups in total. The average molecular weight is 234 g/mol. The Kier molecular flexibility index (Phi) is 3.87. The van der Waals surface area contributed by atoms with E-state index in [0.717, 1.165) is 24.1 Å². The lowest BCUT2D eigenvalue weighted by atomic mass is 9.82. The fourth-order valence-corrected chi connectivity index (χ4v) is 2.71. The first kappa shape index (κ1) is 12.2. The molecule has 2 unspecified atom stereocenters. The van der Waals surface area contributed by atoms with E-state index in [0.29, 0.717) is 0 Å². The number of aromatic nitrogens is 1. The zero-order valence-corrected chi connectivity index (χ0v) is 10.8. The minimum absolute atomic E-state index is 0.0434. The van der Waals surface area contributed by atoms with Crippen molar-refractivity contribution in [3.8, 4) is 0 Å². The maximum Gasteiger partial charge on any atom is 0.250 e. The quantitative estimate of drug-likeness (QED) is 0.872. The van der Waals surface area contributed by atoms with E-state index in [1.807, 2.05) is 12.3 Å². The van der Waals surface area contributed by atoms with Gasteiger partial charge in [-0.05, 0) is 30.7 Å². The van der Waals surface area contributed by atoms with Gasteiger partial charge in [-0.2, -0.15) is 0 Å². The van der Waals surface area contributed by atoms with Crippen LogP contribution in [0.3, 0.4) is 0 Å². The predicted octanol–water partition coefficient (Wildman–Crippen LogP) is 2.62. The summed E-state index contributed by atoms with van der Waals surface area (Å²) in [6, 6.07) is 3.49. The Morgan fingerprint density at radius 3 is 2.94 bits per heavy atom. The summed E-state index contributed by atoms with van der Waals surface area (Å²) in [7, 11) is 1.79. The fraction of sp³-hybridized carbons (Fsp3) is 0.643. The monoisotopic (exact) mass is 234 g/mol. The van der Waals surface area contributed by atoms with Crippen LogP contribution in [-0.2, 0) is 7.05 Å². The Morgan fingerprint density at radius 2 is 2.24 bits per heavy atom. The molecule has 1 aromatic rings. The van der Waals surface area contributed by atoms with Gasteiger partial charge in [0, 0.05) is 25.9 Å². The minimum atomic E-state index is 0.0434. The number of anilines is 1. The second-order valence-corrected chi connectivity index (χ2v) is 5.39. The third kappa shape index (κ3) is 3.35. The van der Waals surface area contributed by atoms with Crippen molar-refractivity contribution in [1.82, 2.24) is 4.57 Å². The molecule has 2 atom stereocenters. The number of pyridine rings is 1. The first-order valence-electron chi connectivity index (χ1n) is 6.55. The zero-order chi connectivity index (χ0) is 12.3. The molecule has 0 aliphatic heterocycles. The van der Waals surface area contributed by atoms with Gasteiger partial charge >= 0.3 is 0 Å². The first-order chi connectivity index (χ1) is 8.15. The Hall–Kier alpha value is -1.25. The van der Waals surface area contributed by atoms with Gasteiger partial charge in [-0.25, -0.2) is 0 Å². The van der Waals surface area contributed by atoms with Crippen molar-refractivity contribution in [1.29, 1.82) is 0 Å². The lowest BCUT2D eigenvalue weighted by molar-refractivity contribution is 0.293. The number of rotatable bonds is 3. The highest BCUT2D eigenvalue weighted by atomic mass is 16.1. The number of aryl methyl sites for hydroxylation is 1. The molecule has 94 valence electrons. The summed E-state index contributed by atoms with van der Waals surface area (Å²) in [4.78, 5) is 11.3. The van der Waals surface area contributed by atoms with Gasteiger partial charge in [0.2, 0.25) is 5.56 Å². The maximum atomic E-state index is 11.3. The second-order valence-electron chi connectivity index (χ2n) is 5.39. The second kappa shape index (κ2) is 5.39. The van der Waals surface area contributed by atoms with Gasteiger partial charge in [-0.15, -0.1) is 0 Å². The summed E-state index contributed by atoms with van der Waals surface area (Å²) in [6.45, 7) is 3.38. The van der Waals surface area contributed by atoms with E-state index in [-0.39, 0.29) is 5.56 Å². The summed E-state index contributed by atoms with van der Waals surface area (Å²) in [5.41, 5.74) is 1.09. The molecule has 0 bridgehead atoms. The molecule has 2 rings (SSSR count). The number of hydrogen-bond acceptors (Lipinski definition) is 2. The highest BCUT2D eigenvalue weighted by molar-refractivity contribution is 5.40. The average Bonchev–Trinajstić information content (AvgIpc) is 2.31. The summed E-state index contributed by atoms with van der Waals surface area (Å²) in [5.74, 6) is 1.66. The SMILES string of the molecule is CC1CCCC(CNc2ccc(=O)n(C)c2)C1. The van der Waals surface area contributed by atoms with Crippen LogP contribution in [0, 0.1) is 11.8 Å². The van der Waals surface area contributed by atoms with Gasteiger partial charge in [0.25, 0.3) is 0 Å². The summed E-state index contributed by atoms with van der Waals surface area (Å²) >= 11 is 0. The Bertz CT molecular complexity index is 424. The molecule has 1 aromatic heterocycles. The third-order valence-corrected chi connectivity index (χ3v) is 3.73. The molecule has 0 aromatic carbocycles. The molecule has 17 heavy (non-hydrogen) atoms. The predicted molar refractivity (Wildman–Crippen MR) is 71.3 cm³/mol. The number of nitrogens with one attached hydrogen (secondary N) is 1. The van der Waals surface area contributed by atoms with Gasteiger partial charge in [0.05, 0.1) is 5.69 Å². The van der Waals surface area contributed by atoms with E-state index >= 15 is 0 Å². The van der Waals surface area contributed by atoms with Crippen LogP contribution in [0.15, 0.2) is 23.1 Å². The third-order valence-electron chi connectivity index (χ3n) is 3.73. The summed E-state index contributed by atoms with van der Waals surface area (Å²) in [5, 5.41) is 3.44. The van der Waals surface area contributed by atoms with Crippen LogP contribution < -0.4 is 10.9 Å². The van der Waals surface area contributed by atoms with E-state index in [4.69, 9.17) is 0 Å². The van der Waals surface area contributed by atoms with Gasteiger partial charge < -0.3 is 9.88 Å². The summed E-state index contributed by atoms with van der Waals surface area (Å²) < 4.78 is 1.62. The lowest BCUT2D eigenvalue weighted by Gasteiger charge is -2.27. The van der Waals surface area contributed by atoms with Gasteiger partial charge in [-0.1, -0.05) is 19.8 Å². The molecular weight excluding hydrogens is 212 g/mol. The van der Waals surface area contributed by atoms with E-state index in [1.165, 1.54) is 25.7 Å². The van der Waals surface area contributed by atoms with Crippen LogP contribution >= 0.6 is 0 Å².